The first-order valence-electron chi connectivity index (χ1n) is 7.49. The Morgan fingerprint density at radius 2 is 2.00 bits per heavy atom. The van der Waals surface area contributed by atoms with Gasteiger partial charge in [-0.25, -0.2) is 0 Å². The number of hydrogen-bond donors (Lipinski definition) is 1. The van der Waals surface area contributed by atoms with Crippen molar-refractivity contribution in [3.8, 4) is 16.9 Å². The van der Waals surface area contributed by atoms with Crippen molar-refractivity contribution in [2.75, 3.05) is 7.11 Å². The molecule has 0 fully saturated rings. The van der Waals surface area contributed by atoms with Gasteiger partial charge in [0.25, 0.3) is 0 Å². The highest BCUT2D eigenvalue weighted by Crippen LogP contribution is 2.40. The van der Waals surface area contributed by atoms with Crippen LogP contribution in [0.15, 0.2) is 35.3 Å². The van der Waals surface area contributed by atoms with Crippen LogP contribution in [-0.2, 0) is 23.9 Å². The second-order valence-electron chi connectivity index (χ2n) is 5.74. The lowest BCUT2D eigenvalue weighted by molar-refractivity contribution is -0.137. The van der Waals surface area contributed by atoms with Gasteiger partial charge in [-0.05, 0) is 41.0 Å². The lowest BCUT2D eigenvalue weighted by atomic mass is 9.92. The van der Waals surface area contributed by atoms with Crippen molar-refractivity contribution in [3.63, 3.8) is 0 Å². The van der Waals surface area contributed by atoms with E-state index in [-0.39, 0.29) is 13.0 Å². The molecule has 0 aromatic heterocycles. The predicted molar refractivity (Wildman–Crippen MR) is 87.6 cm³/mol. The Morgan fingerprint density at radius 1 is 1.24 bits per heavy atom. The number of benzene rings is 2. The molecule has 0 unspecified atom stereocenters. The molecular weight excluding hydrogens is 333 g/mol. The number of primary amides is 1. The molecule has 25 heavy (non-hydrogen) atoms. The number of fused-ring (bicyclic) bond motifs is 1. The summed E-state index contributed by atoms with van der Waals surface area (Å²) in [5, 5.41) is 0. The van der Waals surface area contributed by atoms with Crippen molar-refractivity contribution in [2.24, 2.45) is 10.7 Å². The molecule has 7 heteroatoms. The van der Waals surface area contributed by atoms with Crippen molar-refractivity contribution >= 4 is 12.1 Å². The lowest BCUT2D eigenvalue weighted by Gasteiger charge is -2.16. The molecule has 2 N–H and O–H groups in total. The Morgan fingerprint density at radius 3 is 2.64 bits per heavy atom. The smallest absolute Gasteiger partial charge is 0.416 e. The molecule has 1 amide bonds. The number of nitrogens with two attached hydrogens (primary N) is 1. The predicted octanol–water partition coefficient (Wildman–Crippen LogP) is 3.34. The van der Waals surface area contributed by atoms with Gasteiger partial charge in [0, 0.05) is 17.3 Å². The van der Waals surface area contributed by atoms with E-state index in [1.165, 1.54) is 7.11 Å². The van der Waals surface area contributed by atoms with Crippen LogP contribution in [0, 0.1) is 0 Å². The Labute approximate surface area is 142 Å². The molecule has 1 heterocycles. The number of alkyl halides is 3. The third-order valence-corrected chi connectivity index (χ3v) is 4.01. The maximum Gasteiger partial charge on any atom is 0.416 e. The van der Waals surface area contributed by atoms with Crippen LogP contribution in [0.2, 0.25) is 0 Å². The van der Waals surface area contributed by atoms with E-state index in [0.29, 0.717) is 33.6 Å². The zero-order chi connectivity index (χ0) is 18.2. The summed E-state index contributed by atoms with van der Waals surface area (Å²) < 4.78 is 45.1. The molecule has 0 spiro atoms. The van der Waals surface area contributed by atoms with Crippen LogP contribution < -0.4 is 10.5 Å². The second kappa shape index (κ2) is 6.23. The molecule has 0 saturated heterocycles. The van der Waals surface area contributed by atoms with Gasteiger partial charge in [0.15, 0.2) is 0 Å². The highest BCUT2D eigenvalue weighted by atomic mass is 19.4. The summed E-state index contributed by atoms with van der Waals surface area (Å²) >= 11 is 0. The first-order chi connectivity index (χ1) is 11.8. The van der Waals surface area contributed by atoms with Crippen molar-refractivity contribution in [1.82, 2.24) is 0 Å². The molecule has 3 rings (SSSR count). The summed E-state index contributed by atoms with van der Waals surface area (Å²) in [5.41, 5.74) is 7.05. The third kappa shape index (κ3) is 3.35. The Balaban J connectivity index is 2.23. The minimum absolute atomic E-state index is 0.00770. The van der Waals surface area contributed by atoms with Gasteiger partial charge in [0.05, 0.1) is 25.6 Å². The fourth-order valence-corrected chi connectivity index (χ4v) is 2.90. The molecule has 2 aromatic rings. The van der Waals surface area contributed by atoms with E-state index in [1.807, 2.05) is 0 Å². The lowest BCUT2D eigenvalue weighted by Crippen LogP contribution is -2.13. The normalized spacial score (nSPS) is 13.0. The third-order valence-electron chi connectivity index (χ3n) is 4.01. The largest absolute Gasteiger partial charge is 0.496 e. The molecule has 130 valence electrons. The SMILES string of the molecule is COc1ccc(CC(N)=O)cc1-c1cc(C(F)(F)F)cc2c1C=NC2. The molecule has 0 bridgehead atoms. The zero-order valence-corrected chi connectivity index (χ0v) is 13.4. The van der Waals surface area contributed by atoms with E-state index in [1.54, 1.807) is 24.4 Å². The van der Waals surface area contributed by atoms with Gasteiger partial charge in [-0.3, -0.25) is 9.79 Å². The minimum Gasteiger partial charge on any atom is -0.496 e. The number of carbonyl (C=O) groups is 1. The van der Waals surface area contributed by atoms with E-state index >= 15 is 0 Å². The van der Waals surface area contributed by atoms with Crippen LogP contribution in [0.5, 0.6) is 5.75 Å². The van der Waals surface area contributed by atoms with Crippen molar-refractivity contribution in [3.05, 3.63) is 52.6 Å². The van der Waals surface area contributed by atoms with E-state index in [2.05, 4.69) is 4.99 Å². The summed E-state index contributed by atoms with van der Waals surface area (Å²) in [6.07, 6.45) is -2.91. The van der Waals surface area contributed by atoms with Crippen molar-refractivity contribution in [1.29, 1.82) is 0 Å². The van der Waals surface area contributed by atoms with E-state index in [4.69, 9.17) is 10.5 Å². The highest BCUT2D eigenvalue weighted by molar-refractivity contribution is 5.95. The molecule has 0 aliphatic carbocycles. The number of rotatable bonds is 4. The highest BCUT2D eigenvalue weighted by Gasteiger charge is 2.33. The zero-order valence-electron chi connectivity index (χ0n) is 13.4. The fourth-order valence-electron chi connectivity index (χ4n) is 2.90. The van der Waals surface area contributed by atoms with Crippen molar-refractivity contribution < 1.29 is 22.7 Å². The molecule has 4 nitrogen and oxygen atoms in total. The van der Waals surface area contributed by atoms with Crippen molar-refractivity contribution in [2.45, 2.75) is 19.1 Å². The van der Waals surface area contributed by atoms with Gasteiger partial charge in [-0.2, -0.15) is 13.2 Å². The number of halogens is 3. The van der Waals surface area contributed by atoms with Crippen LogP contribution in [0.1, 0.15) is 22.3 Å². The second-order valence-corrected chi connectivity index (χ2v) is 5.74. The molecule has 0 atom stereocenters. The summed E-state index contributed by atoms with van der Waals surface area (Å²) in [7, 11) is 1.44. The summed E-state index contributed by atoms with van der Waals surface area (Å²) in [5.74, 6) is -0.109. The number of carbonyl (C=O) groups excluding carboxylic acids is 1. The Kier molecular flexibility index (Phi) is 4.24. The van der Waals surface area contributed by atoms with E-state index in [9.17, 15) is 18.0 Å². The van der Waals surface area contributed by atoms with Gasteiger partial charge < -0.3 is 10.5 Å². The Hall–Kier alpha value is -2.83. The van der Waals surface area contributed by atoms with Crippen LogP contribution >= 0.6 is 0 Å². The van der Waals surface area contributed by atoms with Gasteiger partial charge >= 0.3 is 6.18 Å². The Bertz CT molecular complexity index is 873. The number of hydrogen-bond acceptors (Lipinski definition) is 3. The number of methoxy groups -OCH3 is 1. The van der Waals surface area contributed by atoms with E-state index in [0.717, 1.165) is 12.1 Å². The minimum atomic E-state index is -4.47. The maximum absolute atomic E-state index is 13.3. The maximum atomic E-state index is 13.3. The molecule has 1 aliphatic heterocycles. The monoisotopic (exact) mass is 348 g/mol. The molecule has 1 aliphatic rings. The number of ether oxygens (including phenoxy) is 1. The van der Waals surface area contributed by atoms with Gasteiger partial charge in [-0.1, -0.05) is 6.07 Å². The first-order valence-corrected chi connectivity index (χ1v) is 7.49. The van der Waals surface area contributed by atoms with Crippen LogP contribution in [-0.4, -0.2) is 19.2 Å². The van der Waals surface area contributed by atoms with Crippen LogP contribution in [0.3, 0.4) is 0 Å². The molecular formula is C18H15F3N2O2. The number of amides is 1. The number of nitrogens with zero attached hydrogens (tertiary/aromatic N) is 1. The average Bonchev–Trinajstić information content (AvgIpc) is 3.01. The van der Waals surface area contributed by atoms with Gasteiger partial charge in [0.2, 0.25) is 5.91 Å². The van der Waals surface area contributed by atoms with Gasteiger partial charge in [0.1, 0.15) is 5.75 Å². The summed E-state index contributed by atoms with van der Waals surface area (Å²) in [6.45, 7) is 0.204. The summed E-state index contributed by atoms with van der Waals surface area (Å²) in [4.78, 5) is 15.2. The molecule has 2 aromatic carbocycles. The summed E-state index contributed by atoms with van der Waals surface area (Å²) in [6, 6.07) is 7.11. The average molecular weight is 348 g/mol. The quantitative estimate of drug-likeness (QED) is 0.921. The van der Waals surface area contributed by atoms with Crippen LogP contribution in [0.4, 0.5) is 13.2 Å². The standard InChI is InChI=1S/C18H15F3N2O2/c1-25-16-3-2-10(5-17(22)24)4-14(16)13-7-12(18(19,20)21)6-11-8-23-9-15(11)13/h2-4,6-7,9H,5,8H2,1H3,(H2,22,24). The van der Waals surface area contributed by atoms with Crippen LogP contribution in [0.25, 0.3) is 11.1 Å². The first kappa shape index (κ1) is 17.0. The van der Waals surface area contributed by atoms with E-state index < -0.39 is 17.6 Å². The topological polar surface area (TPSA) is 64.7 Å². The van der Waals surface area contributed by atoms with Gasteiger partial charge in [-0.15, -0.1) is 0 Å². The fraction of sp³-hybridized carbons (Fsp3) is 0.222. The number of aliphatic imine (C=N–C) groups is 1. The molecule has 0 radical (unpaired) electrons. The molecule has 0 saturated carbocycles.